The SMILES string of the molecule is CCCC(CC(=O)O)n1ccc2cc(OCc3ccccc3)ccc21. The first-order valence-electron chi connectivity index (χ1n) is 8.66. The summed E-state index contributed by atoms with van der Waals surface area (Å²) in [5.74, 6) is 0.0579. The van der Waals surface area contributed by atoms with Crippen LogP contribution in [0.15, 0.2) is 60.8 Å². The number of hydrogen-bond acceptors (Lipinski definition) is 2. The van der Waals surface area contributed by atoms with Gasteiger partial charge < -0.3 is 14.4 Å². The lowest BCUT2D eigenvalue weighted by atomic mass is 10.1. The Morgan fingerprint density at radius 3 is 2.68 bits per heavy atom. The largest absolute Gasteiger partial charge is 0.489 e. The van der Waals surface area contributed by atoms with Crippen LogP contribution in [0, 0.1) is 0 Å². The lowest BCUT2D eigenvalue weighted by Gasteiger charge is -2.18. The van der Waals surface area contributed by atoms with Crippen molar-refractivity contribution in [3.05, 3.63) is 66.4 Å². The van der Waals surface area contributed by atoms with Gasteiger partial charge in [0.05, 0.1) is 6.42 Å². The number of fused-ring (bicyclic) bond motifs is 1. The molecule has 1 atom stereocenters. The molecule has 0 spiro atoms. The molecule has 3 aromatic rings. The molecule has 0 bridgehead atoms. The van der Waals surface area contributed by atoms with Crippen molar-refractivity contribution in [2.24, 2.45) is 0 Å². The number of hydrogen-bond donors (Lipinski definition) is 1. The molecule has 0 aliphatic heterocycles. The standard InChI is InChI=1S/C21H23NO3/c1-2-6-18(14-21(23)24)22-12-11-17-13-19(9-10-20(17)22)25-15-16-7-4-3-5-8-16/h3-5,7-13,18H,2,6,14-15H2,1H3,(H,23,24). The van der Waals surface area contributed by atoms with Gasteiger partial charge in [-0.2, -0.15) is 0 Å². The summed E-state index contributed by atoms with van der Waals surface area (Å²) in [4.78, 5) is 11.2. The van der Waals surface area contributed by atoms with Gasteiger partial charge in [-0.15, -0.1) is 0 Å². The number of aliphatic carboxylic acids is 1. The van der Waals surface area contributed by atoms with Crippen LogP contribution in [0.5, 0.6) is 5.75 Å². The van der Waals surface area contributed by atoms with Crippen LogP contribution in [0.3, 0.4) is 0 Å². The molecule has 0 fully saturated rings. The Bertz CT molecular complexity index is 839. The van der Waals surface area contributed by atoms with Crippen LogP contribution in [-0.4, -0.2) is 15.6 Å². The molecule has 1 aromatic heterocycles. The van der Waals surface area contributed by atoms with E-state index in [9.17, 15) is 9.90 Å². The van der Waals surface area contributed by atoms with Gasteiger partial charge in [0.25, 0.3) is 0 Å². The van der Waals surface area contributed by atoms with Crippen molar-refractivity contribution in [3.8, 4) is 5.75 Å². The van der Waals surface area contributed by atoms with E-state index in [1.54, 1.807) is 0 Å². The first-order valence-corrected chi connectivity index (χ1v) is 8.66. The fourth-order valence-electron chi connectivity index (χ4n) is 3.17. The number of rotatable bonds is 8. The summed E-state index contributed by atoms with van der Waals surface area (Å²) in [6.07, 6.45) is 3.93. The summed E-state index contributed by atoms with van der Waals surface area (Å²) in [6.45, 7) is 2.61. The van der Waals surface area contributed by atoms with Crippen LogP contribution < -0.4 is 4.74 Å². The summed E-state index contributed by atoms with van der Waals surface area (Å²) < 4.78 is 7.96. The lowest BCUT2D eigenvalue weighted by molar-refractivity contribution is -0.137. The van der Waals surface area contributed by atoms with Gasteiger partial charge in [-0.05, 0) is 36.2 Å². The maximum Gasteiger partial charge on any atom is 0.305 e. The zero-order chi connectivity index (χ0) is 17.6. The fraction of sp³-hybridized carbons (Fsp3) is 0.286. The lowest BCUT2D eigenvalue weighted by Crippen LogP contribution is -2.12. The molecule has 0 saturated carbocycles. The van der Waals surface area contributed by atoms with Crippen molar-refractivity contribution in [2.45, 2.75) is 38.8 Å². The molecule has 3 rings (SSSR count). The summed E-state index contributed by atoms with van der Waals surface area (Å²) in [6, 6.07) is 18.0. The molecule has 130 valence electrons. The Morgan fingerprint density at radius 2 is 1.96 bits per heavy atom. The van der Waals surface area contributed by atoms with E-state index < -0.39 is 5.97 Å². The number of benzene rings is 2. The van der Waals surface area contributed by atoms with E-state index in [1.807, 2.05) is 60.8 Å². The van der Waals surface area contributed by atoms with Crippen molar-refractivity contribution in [3.63, 3.8) is 0 Å². The van der Waals surface area contributed by atoms with Crippen LogP contribution in [0.25, 0.3) is 10.9 Å². The summed E-state index contributed by atoms with van der Waals surface area (Å²) in [5.41, 5.74) is 2.18. The molecule has 25 heavy (non-hydrogen) atoms. The number of carboxylic acid groups (broad SMARTS) is 1. The Balaban J connectivity index is 1.79. The quantitative estimate of drug-likeness (QED) is 0.627. The predicted octanol–water partition coefficient (Wildman–Crippen LogP) is 5.04. The van der Waals surface area contributed by atoms with Crippen molar-refractivity contribution in [1.82, 2.24) is 4.57 Å². The van der Waals surface area contributed by atoms with Gasteiger partial charge >= 0.3 is 5.97 Å². The second kappa shape index (κ2) is 7.88. The van der Waals surface area contributed by atoms with Gasteiger partial charge in [0.2, 0.25) is 0 Å². The maximum atomic E-state index is 11.2. The Hall–Kier alpha value is -2.75. The molecule has 1 unspecified atom stereocenters. The molecule has 0 radical (unpaired) electrons. The molecule has 1 heterocycles. The van der Waals surface area contributed by atoms with Gasteiger partial charge in [0, 0.05) is 23.1 Å². The van der Waals surface area contributed by atoms with E-state index in [1.165, 1.54) is 0 Å². The number of ether oxygens (including phenoxy) is 1. The highest BCUT2D eigenvalue weighted by Gasteiger charge is 2.16. The van der Waals surface area contributed by atoms with Gasteiger partial charge in [-0.3, -0.25) is 4.79 Å². The topological polar surface area (TPSA) is 51.5 Å². The average Bonchev–Trinajstić information content (AvgIpc) is 3.03. The third kappa shape index (κ3) is 4.21. The van der Waals surface area contributed by atoms with E-state index in [0.29, 0.717) is 6.61 Å². The Labute approximate surface area is 147 Å². The molecule has 1 N–H and O–H groups in total. The first-order chi connectivity index (χ1) is 12.2. The average molecular weight is 337 g/mol. The minimum absolute atomic E-state index is 0.0175. The Morgan fingerprint density at radius 1 is 1.16 bits per heavy atom. The fourth-order valence-corrected chi connectivity index (χ4v) is 3.17. The molecular weight excluding hydrogens is 314 g/mol. The highest BCUT2D eigenvalue weighted by Crippen LogP contribution is 2.28. The molecular formula is C21H23NO3. The van der Waals surface area contributed by atoms with E-state index in [-0.39, 0.29) is 12.5 Å². The van der Waals surface area contributed by atoms with Crippen molar-refractivity contribution < 1.29 is 14.6 Å². The second-order valence-corrected chi connectivity index (χ2v) is 6.26. The third-order valence-electron chi connectivity index (χ3n) is 4.37. The highest BCUT2D eigenvalue weighted by molar-refractivity contribution is 5.82. The van der Waals surface area contributed by atoms with Crippen molar-refractivity contribution >= 4 is 16.9 Å². The summed E-state index contributed by atoms with van der Waals surface area (Å²) in [7, 11) is 0. The van der Waals surface area contributed by atoms with E-state index in [0.717, 1.165) is 35.1 Å². The van der Waals surface area contributed by atoms with E-state index in [4.69, 9.17) is 4.74 Å². The highest BCUT2D eigenvalue weighted by atomic mass is 16.5. The van der Waals surface area contributed by atoms with E-state index in [2.05, 4.69) is 11.5 Å². The van der Waals surface area contributed by atoms with E-state index >= 15 is 0 Å². The number of nitrogens with zero attached hydrogens (tertiary/aromatic N) is 1. The summed E-state index contributed by atoms with van der Waals surface area (Å²) in [5, 5.41) is 10.2. The van der Waals surface area contributed by atoms with Crippen LogP contribution in [0.4, 0.5) is 0 Å². The number of carboxylic acids is 1. The molecule has 0 amide bonds. The van der Waals surface area contributed by atoms with Crippen LogP contribution in [0.1, 0.15) is 37.8 Å². The summed E-state index contributed by atoms with van der Waals surface area (Å²) >= 11 is 0. The Kier molecular flexibility index (Phi) is 5.39. The van der Waals surface area contributed by atoms with Crippen LogP contribution >= 0.6 is 0 Å². The second-order valence-electron chi connectivity index (χ2n) is 6.26. The monoisotopic (exact) mass is 337 g/mol. The van der Waals surface area contributed by atoms with Gasteiger partial charge in [0.1, 0.15) is 12.4 Å². The molecule has 2 aromatic carbocycles. The molecule has 0 aliphatic rings. The van der Waals surface area contributed by atoms with Crippen molar-refractivity contribution in [2.75, 3.05) is 0 Å². The van der Waals surface area contributed by atoms with Gasteiger partial charge in [0.15, 0.2) is 0 Å². The van der Waals surface area contributed by atoms with Crippen LogP contribution in [0.2, 0.25) is 0 Å². The predicted molar refractivity (Wildman–Crippen MR) is 98.9 cm³/mol. The maximum absolute atomic E-state index is 11.2. The van der Waals surface area contributed by atoms with Gasteiger partial charge in [-0.25, -0.2) is 0 Å². The smallest absolute Gasteiger partial charge is 0.305 e. The minimum atomic E-state index is -0.761. The van der Waals surface area contributed by atoms with Crippen LogP contribution in [-0.2, 0) is 11.4 Å². The molecule has 4 heteroatoms. The third-order valence-corrected chi connectivity index (χ3v) is 4.37. The molecule has 0 aliphatic carbocycles. The van der Waals surface area contributed by atoms with Crippen molar-refractivity contribution in [1.29, 1.82) is 0 Å². The molecule has 0 saturated heterocycles. The zero-order valence-corrected chi connectivity index (χ0v) is 14.4. The normalized spacial score (nSPS) is 12.2. The van der Waals surface area contributed by atoms with Gasteiger partial charge in [-0.1, -0.05) is 43.7 Å². The number of carbonyl (C=O) groups is 1. The zero-order valence-electron chi connectivity index (χ0n) is 14.4. The molecule has 4 nitrogen and oxygen atoms in total. The number of aromatic nitrogens is 1. The minimum Gasteiger partial charge on any atom is -0.489 e. The first kappa shape index (κ1) is 17.1.